The summed E-state index contributed by atoms with van der Waals surface area (Å²) in [5.41, 5.74) is 1.08. The number of morpholine rings is 1. The zero-order chi connectivity index (χ0) is 9.97. The number of benzene rings is 1. The Hall–Kier alpha value is -0.930. The van der Waals surface area contributed by atoms with Crippen LogP contribution in [0.15, 0.2) is 24.3 Å². The van der Waals surface area contributed by atoms with Gasteiger partial charge in [-0.3, -0.25) is 0 Å². The Balaban J connectivity index is 2.05. The lowest BCUT2D eigenvalue weighted by molar-refractivity contribution is 0.0149. The van der Waals surface area contributed by atoms with Crippen molar-refractivity contribution in [2.75, 3.05) is 13.2 Å². The fourth-order valence-corrected chi connectivity index (χ4v) is 1.60. The van der Waals surface area contributed by atoms with Crippen LogP contribution >= 0.6 is 0 Å². The Morgan fingerprint density at radius 3 is 2.64 bits per heavy atom. The Labute approximate surface area is 83.1 Å². The lowest BCUT2D eigenvalue weighted by atomic mass is 10.1. The molecule has 3 heteroatoms. The Bertz CT molecular complexity index is 291. The number of rotatable bonds is 1. The van der Waals surface area contributed by atoms with Gasteiger partial charge in [-0.1, -0.05) is 12.1 Å². The summed E-state index contributed by atoms with van der Waals surface area (Å²) in [5, 5.41) is 3.36. The number of halogens is 1. The predicted molar refractivity (Wildman–Crippen MR) is 52.6 cm³/mol. The van der Waals surface area contributed by atoms with Gasteiger partial charge in [0.2, 0.25) is 0 Å². The third-order valence-corrected chi connectivity index (χ3v) is 2.47. The van der Waals surface area contributed by atoms with Crippen LogP contribution in [0.3, 0.4) is 0 Å². The monoisotopic (exact) mass is 195 g/mol. The van der Waals surface area contributed by atoms with E-state index < -0.39 is 0 Å². The van der Waals surface area contributed by atoms with E-state index in [1.807, 2.05) is 6.92 Å². The molecule has 0 saturated carbocycles. The fourth-order valence-electron chi connectivity index (χ4n) is 1.60. The third kappa shape index (κ3) is 2.11. The molecule has 0 aromatic heterocycles. The number of hydrogen-bond donors (Lipinski definition) is 1. The molecule has 0 radical (unpaired) electrons. The highest BCUT2D eigenvalue weighted by molar-refractivity contribution is 5.20. The first kappa shape index (κ1) is 9.62. The highest BCUT2D eigenvalue weighted by Crippen LogP contribution is 2.17. The molecule has 1 aromatic rings. The maximum Gasteiger partial charge on any atom is 0.123 e. The summed E-state index contributed by atoms with van der Waals surface area (Å²) in [5.74, 6) is -0.196. The molecule has 2 atom stereocenters. The van der Waals surface area contributed by atoms with Crippen molar-refractivity contribution in [3.05, 3.63) is 35.6 Å². The number of nitrogens with one attached hydrogen (secondary N) is 1. The highest BCUT2D eigenvalue weighted by Gasteiger charge is 2.18. The standard InChI is InChI=1S/C11H14FNO/c1-8-6-13-11(7-14-8)9-2-4-10(12)5-3-9/h2-5,8,11,13H,6-7H2,1H3. The molecule has 2 rings (SSSR count). The van der Waals surface area contributed by atoms with E-state index in [1.54, 1.807) is 12.1 Å². The van der Waals surface area contributed by atoms with E-state index in [9.17, 15) is 4.39 Å². The molecule has 1 aliphatic rings. The van der Waals surface area contributed by atoms with Gasteiger partial charge in [-0.25, -0.2) is 4.39 Å². The van der Waals surface area contributed by atoms with Crippen LogP contribution in [0, 0.1) is 5.82 Å². The molecule has 1 aliphatic heterocycles. The van der Waals surface area contributed by atoms with E-state index in [0.717, 1.165) is 12.1 Å². The van der Waals surface area contributed by atoms with E-state index in [0.29, 0.717) is 6.61 Å². The van der Waals surface area contributed by atoms with Crippen molar-refractivity contribution in [3.63, 3.8) is 0 Å². The van der Waals surface area contributed by atoms with Gasteiger partial charge in [-0.15, -0.1) is 0 Å². The summed E-state index contributed by atoms with van der Waals surface area (Å²) < 4.78 is 18.2. The Morgan fingerprint density at radius 2 is 2.07 bits per heavy atom. The average Bonchev–Trinajstić information content (AvgIpc) is 2.21. The normalized spacial score (nSPS) is 27.6. The van der Waals surface area contributed by atoms with Gasteiger partial charge in [0.25, 0.3) is 0 Å². The number of hydrogen-bond acceptors (Lipinski definition) is 2. The molecule has 1 aromatic carbocycles. The second kappa shape index (κ2) is 4.07. The highest BCUT2D eigenvalue weighted by atomic mass is 19.1. The van der Waals surface area contributed by atoms with Crippen molar-refractivity contribution in [1.82, 2.24) is 5.32 Å². The lowest BCUT2D eigenvalue weighted by Crippen LogP contribution is -2.39. The maximum absolute atomic E-state index is 12.7. The van der Waals surface area contributed by atoms with Crippen LogP contribution in [0.2, 0.25) is 0 Å². The van der Waals surface area contributed by atoms with E-state index in [4.69, 9.17) is 4.74 Å². The van der Waals surface area contributed by atoms with Crippen molar-refractivity contribution >= 4 is 0 Å². The maximum atomic E-state index is 12.7. The summed E-state index contributed by atoms with van der Waals surface area (Å²) in [6.45, 7) is 3.54. The fraction of sp³-hybridized carbons (Fsp3) is 0.455. The van der Waals surface area contributed by atoms with Crippen LogP contribution in [-0.4, -0.2) is 19.3 Å². The molecule has 0 aliphatic carbocycles. The van der Waals surface area contributed by atoms with E-state index in [-0.39, 0.29) is 18.0 Å². The molecular formula is C11H14FNO. The molecule has 1 fully saturated rings. The minimum Gasteiger partial charge on any atom is -0.375 e. The quantitative estimate of drug-likeness (QED) is 0.738. The van der Waals surface area contributed by atoms with Crippen molar-refractivity contribution < 1.29 is 9.13 Å². The van der Waals surface area contributed by atoms with Crippen LogP contribution in [0.5, 0.6) is 0 Å². The molecule has 2 unspecified atom stereocenters. The molecule has 14 heavy (non-hydrogen) atoms. The molecule has 0 bridgehead atoms. The number of ether oxygens (including phenoxy) is 1. The van der Waals surface area contributed by atoms with E-state index in [2.05, 4.69) is 5.32 Å². The molecule has 1 N–H and O–H groups in total. The average molecular weight is 195 g/mol. The first-order valence-electron chi connectivity index (χ1n) is 4.86. The van der Waals surface area contributed by atoms with Gasteiger partial charge in [-0.05, 0) is 24.6 Å². The van der Waals surface area contributed by atoms with Crippen molar-refractivity contribution in [1.29, 1.82) is 0 Å². The predicted octanol–water partition coefficient (Wildman–Crippen LogP) is 1.88. The second-order valence-electron chi connectivity index (χ2n) is 3.66. The molecule has 76 valence electrons. The minimum atomic E-state index is -0.196. The molecule has 0 spiro atoms. The first-order chi connectivity index (χ1) is 6.75. The van der Waals surface area contributed by atoms with Crippen LogP contribution in [0.1, 0.15) is 18.5 Å². The zero-order valence-corrected chi connectivity index (χ0v) is 8.16. The van der Waals surface area contributed by atoms with Crippen LogP contribution in [-0.2, 0) is 4.74 Å². The lowest BCUT2D eigenvalue weighted by Gasteiger charge is -2.28. The summed E-state index contributed by atoms with van der Waals surface area (Å²) in [6, 6.07) is 6.76. The molecular weight excluding hydrogens is 181 g/mol. The topological polar surface area (TPSA) is 21.3 Å². The van der Waals surface area contributed by atoms with Gasteiger partial charge in [0.1, 0.15) is 5.82 Å². The van der Waals surface area contributed by atoms with Gasteiger partial charge < -0.3 is 10.1 Å². The second-order valence-corrected chi connectivity index (χ2v) is 3.66. The van der Waals surface area contributed by atoms with Crippen molar-refractivity contribution in [2.45, 2.75) is 19.1 Å². The van der Waals surface area contributed by atoms with Gasteiger partial charge >= 0.3 is 0 Å². The first-order valence-corrected chi connectivity index (χ1v) is 4.86. The summed E-state index contributed by atoms with van der Waals surface area (Å²) in [7, 11) is 0. The van der Waals surface area contributed by atoms with Gasteiger partial charge in [0.05, 0.1) is 18.8 Å². The van der Waals surface area contributed by atoms with Crippen LogP contribution < -0.4 is 5.32 Å². The Morgan fingerprint density at radius 1 is 1.36 bits per heavy atom. The van der Waals surface area contributed by atoms with Gasteiger partial charge in [0.15, 0.2) is 0 Å². The largest absolute Gasteiger partial charge is 0.375 e. The molecule has 2 nitrogen and oxygen atoms in total. The van der Waals surface area contributed by atoms with E-state index in [1.165, 1.54) is 12.1 Å². The molecule has 1 saturated heterocycles. The van der Waals surface area contributed by atoms with Crippen molar-refractivity contribution in [3.8, 4) is 0 Å². The van der Waals surface area contributed by atoms with E-state index >= 15 is 0 Å². The van der Waals surface area contributed by atoms with Crippen molar-refractivity contribution in [2.24, 2.45) is 0 Å². The summed E-state index contributed by atoms with van der Waals surface area (Å²) in [6.07, 6.45) is 0.270. The smallest absolute Gasteiger partial charge is 0.123 e. The zero-order valence-electron chi connectivity index (χ0n) is 8.16. The summed E-state index contributed by atoms with van der Waals surface area (Å²) in [4.78, 5) is 0. The molecule has 0 amide bonds. The minimum absolute atomic E-state index is 0.196. The third-order valence-electron chi connectivity index (χ3n) is 2.47. The van der Waals surface area contributed by atoms with Gasteiger partial charge in [0, 0.05) is 6.54 Å². The van der Waals surface area contributed by atoms with Crippen LogP contribution in [0.4, 0.5) is 4.39 Å². The summed E-state index contributed by atoms with van der Waals surface area (Å²) >= 11 is 0. The Kier molecular flexibility index (Phi) is 2.79. The molecule has 1 heterocycles. The van der Waals surface area contributed by atoms with Crippen LogP contribution in [0.25, 0.3) is 0 Å². The SMILES string of the molecule is CC1CNC(c2ccc(F)cc2)CO1. The van der Waals surface area contributed by atoms with Gasteiger partial charge in [-0.2, -0.15) is 0 Å².